The Kier molecular flexibility index (Phi) is 6.02. The number of hydrogen-bond donors (Lipinski definition) is 0. The number of rotatable bonds is 6. The molecular weight excluding hydrogens is 326 g/mol. The minimum atomic E-state index is -0.434. The van der Waals surface area contributed by atoms with E-state index >= 15 is 0 Å². The highest BCUT2D eigenvalue weighted by atomic mass is 16.6. The molecule has 1 saturated heterocycles. The van der Waals surface area contributed by atoms with E-state index in [9.17, 15) is 4.79 Å². The van der Waals surface area contributed by atoms with Gasteiger partial charge in [0.2, 0.25) is 0 Å². The Morgan fingerprint density at radius 3 is 2.65 bits per heavy atom. The molecule has 2 bridgehead atoms. The molecule has 3 rings (SSSR count). The summed E-state index contributed by atoms with van der Waals surface area (Å²) in [6.45, 7) is 7.23. The average Bonchev–Trinajstić information content (AvgIpc) is 2.85. The normalized spacial score (nSPS) is 22.3. The predicted octanol–water partition coefficient (Wildman–Crippen LogP) is 5.08. The largest absolute Gasteiger partial charge is 0.444 e. The maximum Gasteiger partial charge on any atom is 0.411 e. The van der Waals surface area contributed by atoms with Crippen molar-refractivity contribution in [2.45, 2.75) is 77.2 Å². The number of fused-ring (bicyclic) bond motifs is 2. The van der Waals surface area contributed by atoms with E-state index in [0.717, 1.165) is 38.7 Å². The molecule has 2 aliphatic heterocycles. The third kappa shape index (κ3) is 5.10. The highest BCUT2D eigenvalue weighted by Crippen LogP contribution is 2.37. The van der Waals surface area contributed by atoms with Crippen LogP contribution in [-0.2, 0) is 16.1 Å². The van der Waals surface area contributed by atoms with Crippen LogP contribution >= 0.6 is 0 Å². The molecule has 4 nitrogen and oxygen atoms in total. The number of carbonyl (C=O) groups is 1. The fourth-order valence-corrected chi connectivity index (χ4v) is 3.87. The van der Waals surface area contributed by atoms with Crippen LogP contribution in [-0.4, -0.2) is 35.3 Å². The Bertz CT molecular complexity index is 633. The molecule has 1 aromatic rings. The van der Waals surface area contributed by atoms with Crippen molar-refractivity contribution in [1.29, 1.82) is 0 Å². The van der Waals surface area contributed by atoms with E-state index < -0.39 is 5.60 Å². The van der Waals surface area contributed by atoms with Crippen molar-refractivity contribution in [3.8, 4) is 0 Å². The second kappa shape index (κ2) is 8.26. The minimum Gasteiger partial charge on any atom is -0.444 e. The summed E-state index contributed by atoms with van der Waals surface area (Å²) in [5.74, 6) is 0. The first kappa shape index (κ1) is 19.0. The zero-order valence-corrected chi connectivity index (χ0v) is 16.2. The number of carbonyl (C=O) groups excluding carboxylic acids is 1. The van der Waals surface area contributed by atoms with Crippen LogP contribution < -0.4 is 0 Å². The maximum atomic E-state index is 12.5. The molecule has 0 spiro atoms. The van der Waals surface area contributed by atoms with Gasteiger partial charge in [0.25, 0.3) is 0 Å². The summed E-state index contributed by atoms with van der Waals surface area (Å²) in [4.78, 5) is 14.4. The zero-order valence-electron chi connectivity index (χ0n) is 16.2. The SMILES string of the molecule is CC(C)(C)OC(=O)N1C2C=C(CCCOCc3ccccc3)CC1CC2. The summed E-state index contributed by atoms with van der Waals surface area (Å²) in [6, 6.07) is 10.8. The first-order chi connectivity index (χ1) is 12.4. The number of nitrogens with zero attached hydrogens (tertiary/aromatic N) is 1. The van der Waals surface area contributed by atoms with Crippen molar-refractivity contribution in [3.05, 3.63) is 47.5 Å². The lowest BCUT2D eigenvalue weighted by molar-refractivity contribution is 0.0165. The molecule has 2 aliphatic rings. The van der Waals surface area contributed by atoms with Gasteiger partial charge in [-0.25, -0.2) is 4.79 Å². The third-order valence-electron chi connectivity index (χ3n) is 4.97. The van der Waals surface area contributed by atoms with Gasteiger partial charge in [0.15, 0.2) is 0 Å². The molecule has 0 aromatic heterocycles. The maximum absolute atomic E-state index is 12.5. The number of amides is 1. The Morgan fingerprint density at radius 2 is 1.96 bits per heavy atom. The fraction of sp³-hybridized carbons (Fsp3) is 0.591. The molecule has 2 heterocycles. The molecule has 1 fully saturated rings. The van der Waals surface area contributed by atoms with Crippen LogP contribution in [0, 0.1) is 0 Å². The third-order valence-corrected chi connectivity index (χ3v) is 4.97. The van der Waals surface area contributed by atoms with Gasteiger partial charge < -0.3 is 9.47 Å². The van der Waals surface area contributed by atoms with Crippen LogP contribution in [0.3, 0.4) is 0 Å². The van der Waals surface area contributed by atoms with Crippen LogP contribution in [0.2, 0.25) is 0 Å². The molecule has 1 aromatic carbocycles. The van der Waals surface area contributed by atoms with Gasteiger partial charge in [0.1, 0.15) is 5.60 Å². The molecule has 2 atom stereocenters. The van der Waals surface area contributed by atoms with Crippen molar-refractivity contribution >= 4 is 6.09 Å². The van der Waals surface area contributed by atoms with E-state index in [1.165, 1.54) is 11.1 Å². The first-order valence-electron chi connectivity index (χ1n) is 9.75. The summed E-state index contributed by atoms with van der Waals surface area (Å²) in [5.41, 5.74) is 2.26. The Morgan fingerprint density at radius 1 is 1.19 bits per heavy atom. The predicted molar refractivity (Wildman–Crippen MR) is 103 cm³/mol. The summed E-state index contributed by atoms with van der Waals surface area (Å²) < 4.78 is 11.4. The van der Waals surface area contributed by atoms with Crippen molar-refractivity contribution < 1.29 is 14.3 Å². The number of hydrogen-bond acceptors (Lipinski definition) is 3. The second-order valence-electron chi connectivity index (χ2n) is 8.36. The quantitative estimate of drug-likeness (QED) is 0.526. The molecule has 0 N–H and O–H groups in total. The molecule has 142 valence electrons. The molecule has 4 heteroatoms. The number of ether oxygens (including phenoxy) is 2. The molecule has 0 saturated carbocycles. The lowest BCUT2D eigenvalue weighted by Crippen LogP contribution is -2.45. The van der Waals surface area contributed by atoms with Crippen molar-refractivity contribution in [2.75, 3.05) is 6.61 Å². The van der Waals surface area contributed by atoms with E-state index in [1.54, 1.807) is 0 Å². The molecule has 0 radical (unpaired) electrons. The van der Waals surface area contributed by atoms with Crippen LogP contribution in [0.25, 0.3) is 0 Å². The molecule has 0 aliphatic carbocycles. The lowest BCUT2D eigenvalue weighted by atomic mass is 9.98. The zero-order chi connectivity index (χ0) is 18.6. The van der Waals surface area contributed by atoms with Crippen LogP contribution in [0.1, 0.15) is 58.4 Å². The van der Waals surface area contributed by atoms with Gasteiger partial charge in [-0.3, -0.25) is 4.90 Å². The first-order valence-corrected chi connectivity index (χ1v) is 9.75. The van der Waals surface area contributed by atoms with Crippen molar-refractivity contribution in [2.24, 2.45) is 0 Å². The molecule has 2 unspecified atom stereocenters. The highest BCUT2D eigenvalue weighted by molar-refractivity contribution is 5.70. The molecule has 1 amide bonds. The van der Waals surface area contributed by atoms with E-state index in [1.807, 2.05) is 43.9 Å². The number of benzene rings is 1. The monoisotopic (exact) mass is 357 g/mol. The van der Waals surface area contributed by atoms with Gasteiger partial charge in [-0.05, 0) is 58.4 Å². The topological polar surface area (TPSA) is 38.8 Å². The van der Waals surface area contributed by atoms with E-state index in [2.05, 4.69) is 18.2 Å². The summed E-state index contributed by atoms with van der Waals surface area (Å²) >= 11 is 0. The fourth-order valence-electron chi connectivity index (χ4n) is 3.87. The smallest absolute Gasteiger partial charge is 0.411 e. The highest BCUT2D eigenvalue weighted by Gasteiger charge is 2.41. The van der Waals surface area contributed by atoms with E-state index in [-0.39, 0.29) is 12.1 Å². The Hall–Kier alpha value is -1.81. The van der Waals surface area contributed by atoms with E-state index in [4.69, 9.17) is 9.47 Å². The van der Waals surface area contributed by atoms with Crippen molar-refractivity contribution in [1.82, 2.24) is 4.90 Å². The molecular formula is C22H31NO3. The Balaban J connectivity index is 1.43. The standard InChI is InChI=1S/C22H31NO3/c1-22(2,3)26-21(24)23-19-11-12-20(23)15-18(14-19)10-7-13-25-16-17-8-5-4-6-9-17/h4-6,8-9,14,19-20H,7,10-13,15-16H2,1-3H3. The van der Waals surface area contributed by atoms with Crippen LogP contribution in [0.4, 0.5) is 4.79 Å². The summed E-state index contributed by atoms with van der Waals surface area (Å²) in [6.07, 6.45) is 7.34. The van der Waals surface area contributed by atoms with Crippen LogP contribution in [0.15, 0.2) is 42.0 Å². The van der Waals surface area contributed by atoms with Crippen molar-refractivity contribution in [3.63, 3.8) is 0 Å². The summed E-state index contributed by atoms with van der Waals surface area (Å²) in [5, 5.41) is 0. The second-order valence-corrected chi connectivity index (χ2v) is 8.36. The van der Waals surface area contributed by atoms with Gasteiger partial charge in [-0.15, -0.1) is 0 Å². The summed E-state index contributed by atoms with van der Waals surface area (Å²) in [7, 11) is 0. The van der Waals surface area contributed by atoms with Gasteiger partial charge in [-0.2, -0.15) is 0 Å². The van der Waals surface area contributed by atoms with Gasteiger partial charge in [0, 0.05) is 12.6 Å². The van der Waals surface area contributed by atoms with E-state index in [0.29, 0.717) is 12.6 Å². The molecule has 26 heavy (non-hydrogen) atoms. The lowest BCUT2D eigenvalue weighted by Gasteiger charge is -2.35. The minimum absolute atomic E-state index is 0.161. The van der Waals surface area contributed by atoms with Gasteiger partial charge >= 0.3 is 6.09 Å². The van der Waals surface area contributed by atoms with Gasteiger partial charge in [0.05, 0.1) is 12.6 Å². The van der Waals surface area contributed by atoms with Gasteiger partial charge in [-0.1, -0.05) is 42.0 Å². The Labute approximate surface area is 157 Å². The van der Waals surface area contributed by atoms with Crippen LogP contribution in [0.5, 0.6) is 0 Å². The average molecular weight is 357 g/mol.